The van der Waals surface area contributed by atoms with Crippen molar-refractivity contribution in [3.63, 3.8) is 0 Å². The Hall–Kier alpha value is -0.0800. The van der Waals surface area contributed by atoms with Gasteiger partial charge >= 0.3 is 0 Å². The summed E-state index contributed by atoms with van der Waals surface area (Å²) in [6, 6.07) is 0.703. The van der Waals surface area contributed by atoms with E-state index >= 15 is 0 Å². The second kappa shape index (κ2) is 8.92. The van der Waals surface area contributed by atoms with Crippen LogP contribution in [0.4, 0.5) is 0 Å². The van der Waals surface area contributed by atoms with Gasteiger partial charge in [-0.1, -0.05) is 33.1 Å². The molecule has 2 nitrogen and oxygen atoms in total. The van der Waals surface area contributed by atoms with E-state index in [1.165, 1.54) is 58.2 Å². The third-order valence-electron chi connectivity index (χ3n) is 4.74. The summed E-state index contributed by atoms with van der Waals surface area (Å²) in [4.78, 5) is 2.46. The number of unbranched alkanes of at least 4 members (excludes halogenated alkanes) is 1. The van der Waals surface area contributed by atoms with Crippen LogP contribution in [0.5, 0.6) is 0 Å². The highest BCUT2D eigenvalue weighted by Crippen LogP contribution is 2.20. The summed E-state index contributed by atoms with van der Waals surface area (Å²) >= 11 is 0. The van der Waals surface area contributed by atoms with Crippen LogP contribution >= 0.6 is 0 Å². The molecule has 0 bridgehead atoms. The summed E-state index contributed by atoms with van der Waals surface area (Å²) in [5, 5.41) is 3.81. The molecule has 1 N–H and O–H groups in total. The van der Waals surface area contributed by atoms with Crippen LogP contribution in [-0.4, -0.2) is 37.6 Å². The highest BCUT2D eigenvalue weighted by atomic mass is 15.1. The average molecular weight is 254 g/mol. The Balaban J connectivity index is 2.20. The van der Waals surface area contributed by atoms with E-state index in [2.05, 4.69) is 38.0 Å². The lowest BCUT2D eigenvalue weighted by atomic mass is 9.90. The quantitative estimate of drug-likeness (QED) is 0.713. The Labute approximate surface area is 115 Å². The monoisotopic (exact) mass is 254 g/mol. The number of likely N-dealkylation sites (tertiary alicyclic amines) is 1. The fourth-order valence-electron chi connectivity index (χ4n) is 2.99. The molecule has 18 heavy (non-hydrogen) atoms. The molecule has 0 radical (unpaired) electrons. The molecule has 1 aliphatic rings. The Bertz CT molecular complexity index is 197. The van der Waals surface area contributed by atoms with Crippen LogP contribution in [0, 0.1) is 11.8 Å². The van der Waals surface area contributed by atoms with Crippen molar-refractivity contribution in [2.45, 2.75) is 65.3 Å². The maximum Gasteiger partial charge on any atom is 0.00680 e. The fraction of sp³-hybridized carbons (Fsp3) is 1.00. The fourth-order valence-corrected chi connectivity index (χ4v) is 2.99. The predicted molar refractivity (Wildman–Crippen MR) is 81.0 cm³/mol. The predicted octanol–water partition coefficient (Wildman–Crippen LogP) is 3.52. The summed E-state index contributed by atoms with van der Waals surface area (Å²) in [6.07, 6.45) is 8.20. The molecular formula is C16H34N2. The first kappa shape index (κ1) is 16.0. The summed E-state index contributed by atoms with van der Waals surface area (Å²) in [7, 11) is 2.24. The first-order chi connectivity index (χ1) is 8.67. The smallest absolute Gasteiger partial charge is 0.00680 e. The molecule has 0 aromatic heterocycles. The van der Waals surface area contributed by atoms with Gasteiger partial charge < -0.3 is 10.2 Å². The van der Waals surface area contributed by atoms with Crippen LogP contribution in [0.25, 0.3) is 0 Å². The Morgan fingerprint density at radius 1 is 1.22 bits per heavy atom. The number of hydrogen-bond donors (Lipinski definition) is 1. The van der Waals surface area contributed by atoms with Gasteiger partial charge in [-0.05, 0) is 64.7 Å². The van der Waals surface area contributed by atoms with Crippen molar-refractivity contribution in [3.8, 4) is 0 Å². The third kappa shape index (κ3) is 5.71. The molecule has 1 rings (SSSR count). The van der Waals surface area contributed by atoms with E-state index in [1.54, 1.807) is 0 Å². The van der Waals surface area contributed by atoms with Gasteiger partial charge in [0.15, 0.2) is 0 Å². The van der Waals surface area contributed by atoms with Crippen LogP contribution in [0.1, 0.15) is 59.3 Å². The number of piperidine rings is 1. The molecule has 2 heteroatoms. The highest BCUT2D eigenvalue weighted by Gasteiger charge is 2.22. The number of nitrogens with one attached hydrogen (secondary N) is 1. The first-order valence-corrected chi connectivity index (χ1v) is 8.09. The number of nitrogens with zero attached hydrogens (tertiary/aromatic N) is 1. The van der Waals surface area contributed by atoms with Crippen LogP contribution < -0.4 is 5.32 Å². The maximum atomic E-state index is 3.81. The van der Waals surface area contributed by atoms with Crippen molar-refractivity contribution < 1.29 is 0 Å². The molecule has 2 atom stereocenters. The van der Waals surface area contributed by atoms with E-state index in [0.29, 0.717) is 6.04 Å². The van der Waals surface area contributed by atoms with Crippen molar-refractivity contribution in [2.24, 2.45) is 11.8 Å². The lowest BCUT2D eigenvalue weighted by Gasteiger charge is -2.33. The minimum atomic E-state index is 0.703. The molecule has 1 fully saturated rings. The van der Waals surface area contributed by atoms with Gasteiger partial charge in [0.2, 0.25) is 0 Å². The Morgan fingerprint density at radius 2 is 1.89 bits per heavy atom. The minimum Gasteiger partial charge on any atom is -0.314 e. The molecule has 0 amide bonds. The van der Waals surface area contributed by atoms with Crippen molar-refractivity contribution in [2.75, 3.05) is 26.7 Å². The summed E-state index contributed by atoms with van der Waals surface area (Å²) < 4.78 is 0. The molecule has 2 unspecified atom stereocenters. The minimum absolute atomic E-state index is 0.703. The molecule has 0 aromatic rings. The molecule has 1 saturated heterocycles. The van der Waals surface area contributed by atoms with Gasteiger partial charge in [0, 0.05) is 6.04 Å². The summed E-state index contributed by atoms with van der Waals surface area (Å²) in [5.41, 5.74) is 0. The summed E-state index contributed by atoms with van der Waals surface area (Å²) in [5.74, 6) is 1.78. The second-order valence-electron chi connectivity index (χ2n) is 6.25. The van der Waals surface area contributed by atoms with Crippen molar-refractivity contribution >= 4 is 0 Å². The van der Waals surface area contributed by atoms with E-state index < -0.39 is 0 Å². The zero-order valence-electron chi connectivity index (χ0n) is 13.0. The van der Waals surface area contributed by atoms with Gasteiger partial charge in [-0.2, -0.15) is 0 Å². The van der Waals surface area contributed by atoms with Gasteiger partial charge in [0.05, 0.1) is 0 Å². The van der Waals surface area contributed by atoms with E-state index in [9.17, 15) is 0 Å². The van der Waals surface area contributed by atoms with Gasteiger partial charge in [-0.15, -0.1) is 0 Å². The SMILES string of the molecule is CCCCC(CC)CNC(C)C1CCN(C)CC1. The van der Waals surface area contributed by atoms with Crippen molar-refractivity contribution in [1.29, 1.82) is 0 Å². The molecule has 0 saturated carbocycles. The standard InChI is InChI=1S/C16H34N2/c1-5-7-8-15(6-2)13-17-14(3)16-9-11-18(4)12-10-16/h14-17H,5-13H2,1-4H3. The second-order valence-corrected chi connectivity index (χ2v) is 6.25. The van der Waals surface area contributed by atoms with Gasteiger partial charge in [-0.3, -0.25) is 0 Å². The molecule has 108 valence electrons. The van der Waals surface area contributed by atoms with E-state index in [4.69, 9.17) is 0 Å². The van der Waals surface area contributed by atoms with E-state index in [1.807, 2.05) is 0 Å². The van der Waals surface area contributed by atoms with Crippen LogP contribution in [0.15, 0.2) is 0 Å². The lowest BCUT2D eigenvalue weighted by molar-refractivity contribution is 0.186. The largest absolute Gasteiger partial charge is 0.314 e. The number of hydrogen-bond acceptors (Lipinski definition) is 2. The first-order valence-electron chi connectivity index (χ1n) is 8.09. The van der Waals surface area contributed by atoms with Gasteiger partial charge in [0.1, 0.15) is 0 Å². The van der Waals surface area contributed by atoms with Gasteiger partial charge in [0.25, 0.3) is 0 Å². The molecule has 0 spiro atoms. The van der Waals surface area contributed by atoms with Crippen molar-refractivity contribution in [1.82, 2.24) is 10.2 Å². The molecule has 1 heterocycles. The molecule has 0 aliphatic carbocycles. The van der Waals surface area contributed by atoms with Crippen molar-refractivity contribution in [3.05, 3.63) is 0 Å². The van der Waals surface area contributed by atoms with Crippen LogP contribution in [-0.2, 0) is 0 Å². The third-order valence-corrected chi connectivity index (χ3v) is 4.74. The topological polar surface area (TPSA) is 15.3 Å². The molecular weight excluding hydrogens is 220 g/mol. The Kier molecular flexibility index (Phi) is 7.92. The molecule has 0 aromatic carbocycles. The van der Waals surface area contributed by atoms with E-state index in [-0.39, 0.29) is 0 Å². The summed E-state index contributed by atoms with van der Waals surface area (Å²) in [6.45, 7) is 10.8. The van der Waals surface area contributed by atoms with Crippen LogP contribution in [0.3, 0.4) is 0 Å². The zero-order chi connectivity index (χ0) is 13.4. The Morgan fingerprint density at radius 3 is 2.44 bits per heavy atom. The number of rotatable bonds is 8. The van der Waals surface area contributed by atoms with Crippen LogP contribution in [0.2, 0.25) is 0 Å². The van der Waals surface area contributed by atoms with Gasteiger partial charge in [-0.25, -0.2) is 0 Å². The molecule has 1 aliphatic heterocycles. The average Bonchev–Trinajstić information content (AvgIpc) is 2.39. The lowest BCUT2D eigenvalue weighted by Crippen LogP contribution is -2.42. The highest BCUT2D eigenvalue weighted by molar-refractivity contribution is 4.79. The maximum absolute atomic E-state index is 3.81. The zero-order valence-corrected chi connectivity index (χ0v) is 13.0. The van der Waals surface area contributed by atoms with E-state index in [0.717, 1.165) is 11.8 Å². The normalized spacial score (nSPS) is 22.0.